The number of nitrogens with zero attached hydrogens (tertiary/aromatic N) is 1. The molecule has 0 aliphatic heterocycles. The predicted molar refractivity (Wildman–Crippen MR) is 53.1 cm³/mol. The first-order chi connectivity index (χ1) is 6.60. The number of aromatic hydroxyl groups is 1. The molecule has 0 spiro atoms. The van der Waals surface area contributed by atoms with Crippen LogP contribution in [0, 0.1) is 11.3 Å². The molecule has 1 aromatic rings. The van der Waals surface area contributed by atoms with Crippen molar-refractivity contribution in [1.82, 2.24) is 0 Å². The Balaban J connectivity index is 3.30. The van der Waals surface area contributed by atoms with Crippen LogP contribution in [0.3, 0.4) is 0 Å². The van der Waals surface area contributed by atoms with E-state index in [1.54, 1.807) is 6.92 Å². The fraction of sp³-hybridized carbons (Fsp3) is 0.300. The summed E-state index contributed by atoms with van der Waals surface area (Å²) in [5.74, 6) is -0.495. The van der Waals surface area contributed by atoms with Crippen LogP contribution in [0.4, 0.5) is 0 Å². The molecule has 0 radical (unpaired) electrons. The zero-order valence-electron chi connectivity index (χ0n) is 7.66. The van der Waals surface area contributed by atoms with Crippen molar-refractivity contribution in [3.8, 4) is 11.8 Å². The van der Waals surface area contributed by atoms with Crippen LogP contribution in [0.15, 0.2) is 12.1 Å². The van der Waals surface area contributed by atoms with Gasteiger partial charge >= 0.3 is 0 Å². The Kier molecular flexibility index (Phi) is 3.34. The minimum absolute atomic E-state index is 0.0500. The molecule has 0 aromatic heterocycles. The highest BCUT2D eigenvalue weighted by atomic mass is 35.5. The topological polar surface area (TPSA) is 64.2 Å². The maximum absolute atomic E-state index is 9.65. The summed E-state index contributed by atoms with van der Waals surface area (Å²) in [5, 5.41) is 27.7. The number of hydrogen-bond donors (Lipinski definition) is 2. The highest BCUT2D eigenvalue weighted by molar-refractivity contribution is 6.30. The highest BCUT2D eigenvalue weighted by Crippen LogP contribution is 2.32. The fourth-order valence-electron chi connectivity index (χ4n) is 1.20. The summed E-state index contributed by atoms with van der Waals surface area (Å²) in [7, 11) is 0. The van der Waals surface area contributed by atoms with Gasteiger partial charge in [-0.15, -0.1) is 0 Å². The third-order valence-corrected chi connectivity index (χ3v) is 2.23. The second-order valence-corrected chi connectivity index (χ2v) is 3.45. The molecule has 0 aliphatic carbocycles. The van der Waals surface area contributed by atoms with Crippen molar-refractivity contribution in [1.29, 1.82) is 5.26 Å². The number of aliphatic hydroxyl groups is 1. The Morgan fingerprint density at radius 2 is 2.21 bits per heavy atom. The van der Waals surface area contributed by atoms with E-state index in [4.69, 9.17) is 22.0 Å². The van der Waals surface area contributed by atoms with Gasteiger partial charge in [0.2, 0.25) is 0 Å². The number of hydrogen-bond acceptors (Lipinski definition) is 3. The summed E-state index contributed by atoms with van der Waals surface area (Å²) < 4.78 is 0. The summed E-state index contributed by atoms with van der Waals surface area (Å²) >= 11 is 5.77. The van der Waals surface area contributed by atoms with Crippen LogP contribution in [0.25, 0.3) is 0 Å². The third kappa shape index (κ3) is 1.98. The molecular weight excluding hydrogens is 202 g/mol. The Hall–Kier alpha value is -1.24. The largest absolute Gasteiger partial charge is 0.507 e. The predicted octanol–water partition coefficient (Wildman–Crippen LogP) is 2.16. The second-order valence-electron chi connectivity index (χ2n) is 3.01. The van der Waals surface area contributed by atoms with Crippen LogP contribution in [0.2, 0.25) is 5.02 Å². The lowest BCUT2D eigenvalue weighted by molar-refractivity contribution is 0.275. The average Bonchev–Trinajstić information content (AvgIpc) is 2.19. The molecule has 1 rings (SSSR count). The quantitative estimate of drug-likeness (QED) is 0.788. The minimum Gasteiger partial charge on any atom is -0.507 e. The van der Waals surface area contributed by atoms with Gasteiger partial charge in [0.15, 0.2) is 0 Å². The molecule has 0 aliphatic rings. The number of nitriles is 1. The molecule has 0 amide bonds. The molecule has 1 aromatic carbocycles. The Morgan fingerprint density at radius 1 is 1.57 bits per heavy atom. The third-order valence-electron chi connectivity index (χ3n) is 2.01. The molecule has 4 heteroatoms. The molecule has 1 unspecified atom stereocenters. The Labute approximate surface area is 87.2 Å². The van der Waals surface area contributed by atoms with Crippen molar-refractivity contribution in [2.75, 3.05) is 0 Å². The summed E-state index contributed by atoms with van der Waals surface area (Å²) in [4.78, 5) is 0. The lowest BCUT2D eigenvalue weighted by Crippen LogP contribution is -1.94. The number of halogens is 1. The van der Waals surface area contributed by atoms with Gasteiger partial charge in [0.25, 0.3) is 0 Å². The number of aliphatic hydroxyl groups excluding tert-OH is 1. The number of rotatable bonds is 2. The van der Waals surface area contributed by atoms with Crippen LogP contribution in [-0.2, 0) is 6.61 Å². The van der Waals surface area contributed by atoms with Gasteiger partial charge in [-0.1, -0.05) is 11.6 Å². The van der Waals surface area contributed by atoms with Crippen molar-refractivity contribution in [3.05, 3.63) is 28.3 Å². The molecule has 0 heterocycles. The Morgan fingerprint density at radius 3 is 2.71 bits per heavy atom. The van der Waals surface area contributed by atoms with E-state index in [0.717, 1.165) is 0 Å². The van der Waals surface area contributed by atoms with E-state index < -0.39 is 5.92 Å². The van der Waals surface area contributed by atoms with Crippen LogP contribution in [-0.4, -0.2) is 10.2 Å². The van der Waals surface area contributed by atoms with Crippen LogP contribution < -0.4 is 0 Å². The molecule has 3 nitrogen and oxygen atoms in total. The van der Waals surface area contributed by atoms with Crippen molar-refractivity contribution in [2.45, 2.75) is 19.4 Å². The van der Waals surface area contributed by atoms with Gasteiger partial charge in [-0.05, 0) is 19.1 Å². The summed E-state index contributed by atoms with van der Waals surface area (Å²) in [6, 6.07) is 5.01. The van der Waals surface area contributed by atoms with Gasteiger partial charge in [0.05, 0.1) is 18.6 Å². The van der Waals surface area contributed by atoms with Crippen LogP contribution in [0.5, 0.6) is 5.75 Å². The van der Waals surface area contributed by atoms with Gasteiger partial charge in [-0.25, -0.2) is 0 Å². The Bertz CT molecular complexity index is 384. The molecule has 0 bridgehead atoms. The second kappa shape index (κ2) is 4.32. The molecule has 0 saturated heterocycles. The maximum atomic E-state index is 9.65. The van der Waals surface area contributed by atoms with Gasteiger partial charge in [0.1, 0.15) is 5.75 Å². The summed E-state index contributed by atoms with van der Waals surface area (Å²) in [6.07, 6.45) is 0. The van der Waals surface area contributed by atoms with E-state index in [-0.39, 0.29) is 12.4 Å². The standard InChI is InChI=1S/C10H10ClNO2/c1-6(4-12)9-3-8(11)2-7(5-13)10(9)14/h2-3,6,13-14H,5H2,1H3. The molecule has 74 valence electrons. The van der Waals surface area contributed by atoms with Gasteiger partial charge in [0, 0.05) is 16.1 Å². The number of phenols is 1. The SMILES string of the molecule is CC(C#N)c1cc(Cl)cc(CO)c1O. The number of benzene rings is 1. The molecule has 0 saturated carbocycles. The van der Waals surface area contributed by atoms with E-state index in [2.05, 4.69) is 0 Å². The zero-order valence-corrected chi connectivity index (χ0v) is 8.41. The molecule has 1 atom stereocenters. The summed E-state index contributed by atoms with van der Waals surface area (Å²) in [5.41, 5.74) is 0.790. The minimum atomic E-state index is -0.445. The van der Waals surface area contributed by atoms with E-state index >= 15 is 0 Å². The van der Waals surface area contributed by atoms with Crippen molar-refractivity contribution in [2.24, 2.45) is 0 Å². The van der Waals surface area contributed by atoms with Crippen LogP contribution >= 0.6 is 11.6 Å². The monoisotopic (exact) mass is 211 g/mol. The molecule has 0 fully saturated rings. The van der Waals surface area contributed by atoms with E-state index in [1.807, 2.05) is 6.07 Å². The first kappa shape index (κ1) is 10.8. The smallest absolute Gasteiger partial charge is 0.125 e. The lowest BCUT2D eigenvalue weighted by Gasteiger charge is -2.10. The first-order valence-electron chi connectivity index (χ1n) is 4.12. The average molecular weight is 212 g/mol. The van der Waals surface area contributed by atoms with E-state index in [9.17, 15) is 5.11 Å². The van der Waals surface area contributed by atoms with Gasteiger partial charge in [-0.2, -0.15) is 5.26 Å². The van der Waals surface area contributed by atoms with Gasteiger partial charge < -0.3 is 10.2 Å². The highest BCUT2D eigenvalue weighted by Gasteiger charge is 2.13. The normalized spacial score (nSPS) is 12.1. The van der Waals surface area contributed by atoms with Crippen molar-refractivity contribution >= 4 is 11.6 Å². The molecule has 14 heavy (non-hydrogen) atoms. The molecular formula is C10H10ClNO2. The maximum Gasteiger partial charge on any atom is 0.125 e. The van der Waals surface area contributed by atoms with Crippen molar-refractivity contribution in [3.63, 3.8) is 0 Å². The van der Waals surface area contributed by atoms with Gasteiger partial charge in [-0.3, -0.25) is 0 Å². The van der Waals surface area contributed by atoms with E-state index in [0.29, 0.717) is 16.1 Å². The van der Waals surface area contributed by atoms with Crippen molar-refractivity contribution < 1.29 is 10.2 Å². The zero-order chi connectivity index (χ0) is 10.7. The summed E-state index contributed by atoms with van der Waals surface area (Å²) in [6.45, 7) is 1.37. The molecule has 2 N–H and O–H groups in total. The van der Waals surface area contributed by atoms with E-state index in [1.165, 1.54) is 12.1 Å². The van der Waals surface area contributed by atoms with Crippen LogP contribution in [0.1, 0.15) is 24.0 Å². The fourth-order valence-corrected chi connectivity index (χ4v) is 1.45. The lowest BCUT2D eigenvalue weighted by atomic mass is 9.99. The first-order valence-corrected chi connectivity index (χ1v) is 4.49.